The highest BCUT2D eigenvalue weighted by atomic mass is 31.1. The van der Waals surface area contributed by atoms with Crippen molar-refractivity contribution in [3.05, 3.63) is 35.4 Å². The van der Waals surface area contributed by atoms with Crippen molar-refractivity contribution in [2.24, 2.45) is 0 Å². The van der Waals surface area contributed by atoms with Crippen molar-refractivity contribution in [3.63, 3.8) is 0 Å². The van der Waals surface area contributed by atoms with E-state index in [0.29, 0.717) is 36.9 Å². The Kier molecular flexibility index (Phi) is 7.34. The van der Waals surface area contributed by atoms with Crippen LogP contribution >= 0.6 is 8.00 Å². The van der Waals surface area contributed by atoms with E-state index in [1.54, 1.807) is 18.2 Å². The minimum atomic E-state index is -2.35. The topological polar surface area (TPSA) is 102 Å². The summed E-state index contributed by atoms with van der Waals surface area (Å²) in [5.74, 6) is -0.937. The molecule has 0 aromatic heterocycles. The first-order valence-electron chi connectivity index (χ1n) is 8.21. The van der Waals surface area contributed by atoms with Crippen LogP contribution in [0, 0.1) is 0 Å². The Morgan fingerprint density at radius 3 is 2.79 bits per heavy atom. The molecule has 0 spiro atoms. The zero-order valence-corrected chi connectivity index (χ0v) is 14.7. The van der Waals surface area contributed by atoms with Gasteiger partial charge >= 0.3 is 5.97 Å². The summed E-state index contributed by atoms with van der Waals surface area (Å²) in [6, 6.07) is 6.92. The molecule has 0 amide bonds. The molecule has 1 heterocycles. The van der Waals surface area contributed by atoms with E-state index in [1.165, 1.54) is 0 Å². The van der Waals surface area contributed by atoms with Crippen molar-refractivity contribution < 1.29 is 24.4 Å². The molecule has 1 aliphatic rings. The molecule has 24 heavy (non-hydrogen) atoms. The van der Waals surface area contributed by atoms with Gasteiger partial charge in [0.2, 0.25) is 8.00 Å². The summed E-state index contributed by atoms with van der Waals surface area (Å²) in [4.78, 5) is 32.3. The fourth-order valence-electron chi connectivity index (χ4n) is 2.88. The molecular formula is C17H24NO5P. The standard InChI is InChI=1S/C17H24NO5P/c1-2-3-8-16(24(21)22)15-10-18-13(11-23-15)9-12-6-4-5-7-14(12)17(19)20/h4-7,13,15,18H,2-3,8-11H2,1H3,(H,19,20)(H,21,22)/t13-,15-/m1/s1. The van der Waals surface area contributed by atoms with Gasteiger partial charge in [-0.05, 0) is 24.5 Å². The molecule has 1 fully saturated rings. The summed E-state index contributed by atoms with van der Waals surface area (Å²) in [7, 11) is -2.35. The van der Waals surface area contributed by atoms with E-state index in [4.69, 9.17) is 4.74 Å². The number of rotatable bonds is 7. The summed E-state index contributed by atoms with van der Waals surface area (Å²) in [5, 5.41) is 13.1. The third kappa shape index (κ3) is 5.10. The molecule has 1 saturated heterocycles. The van der Waals surface area contributed by atoms with Crippen LogP contribution in [-0.2, 0) is 11.2 Å². The third-order valence-corrected chi connectivity index (χ3v) is 5.21. The van der Waals surface area contributed by atoms with Crippen LogP contribution in [0.1, 0.15) is 42.1 Å². The minimum absolute atomic E-state index is 0.00857. The number of ether oxygens (including phenoxy) is 1. The molecule has 1 aliphatic heterocycles. The Bertz CT molecular complexity index is 592. The Hall–Kier alpha value is -1.30. The van der Waals surface area contributed by atoms with E-state index in [9.17, 15) is 19.7 Å². The normalized spacial score (nSPS) is 22.1. The molecule has 1 aromatic carbocycles. The summed E-state index contributed by atoms with van der Waals surface area (Å²) < 4.78 is 5.79. The molecule has 132 valence electrons. The van der Waals surface area contributed by atoms with Gasteiger partial charge in [0.1, 0.15) is 6.10 Å². The number of carboxylic acid groups (broad SMARTS) is 1. The molecular weight excluding hydrogens is 329 g/mol. The van der Waals surface area contributed by atoms with Crippen LogP contribution in [0.3, 0.4) is 0 Å². The van der Waals surface area contributed by atoms with Crippen molar-refractivity contribution in [1.29, 1.82) is 0 Å². The lowest BCUT2D eigenvalue weighted by Crippen LogP contribution is -2.50. The van der Waals surface area contributed by atoms with E-state index < -0.39 is 14.0 Å². The van der Waals surface area contributed by atoms with Crippen LogP contribution < -0.4 is 10.2 Å². The number of hydrogen-bond acceptors (Lipinski definition) is 5. The number of unbranched alkanes of at least 4 members (excludes halogenated alkanes) is 1. The van der Waals surface area contributed by atoms with Crippen molar-refractivity contribution in [1.82, 2.24) is 5.32 Å². The zero-order chi connectivity index (χ0) is 17.5. The molecule has 6 nitrogen and oxygen atoms in total. The summed E-state index contributed by atoms with van der Waals surface area (Å²) in [5.41, 5.74) is 1.06. The number of morpholine rings is 1. The summed E-state index contributed by atoms with van der Waals surface area (Å²) >= 11 is 0. The van der Waals surface area contributed by atoms with Gasteiger partial charge in [0.15, 0.2) is 5.29 Å². The lowest BCUT2D eigenvalue weighted by Gasteiger charge is -2.30. The first-order valence-corrected chi connectivity index (χ1v) is 9.42. The number of aromatic carboxylic acids is 1. The smallest absolute Gasteiger partial charge is 0.335 e. The zero-order valence-electron chi connectivity index (χ0n) is 13.8. The van der Waals surface area contributed by atoms with Crippen LogP contribution in [0.2, 0.25) is 0 Å². The molecule has 0 bridgehead atoms. The fourth-order valence-corrected chi connectivity index (χ4v) is 3.64. The molecule has 7 heteroatoms. The van der Waals surface area contributed by atoms with E-state index in [2.05, 4.69) is 5.32 Å². The highest BCUT2D eigenvalue weighted by molar-refractivity contribution is 7.46. The average molecular weight is 353 g/mol. The second-order valence-electron chi connectivity index (χ2n) is 5.96. The Labute approximate surface area is 143 Å². The van der Waals surface area contributed by atoms with Crippen LogP contribution in [0.5, 0.6) is 0 Å². The molecule has 2 rings (SSSR count). The minimum Gasteiger partial charge on any atom is -0.603 e. The predicted octanol–water partition coefficient (Wildman–Crippen LogP) is 1.31. The van der Waals surface area contributed by atoms with Gasteiger partial charge in [0.05, 0.1) is 12.2 Å². The second kappa shape index (κ2) is 9.25. The maximum atomic E-state index is 11.5. The van der Waals surface area contributed by atoms with Crippen LogP contribution in [0.4, 0.5) is 0 Å². The Morgan fingerprint density at radius 2 is 2.21 bits per heavy atom. The first kappa shape index (κ1) is 19.0. The van der Waals surface area contributed by atoms with E-state index in [0.717, 1.165) is 18.4 Å². The molecule has 1 aromatic rings. The third-order valence-electron chi connectivity index (χ3n) is 4.21. The monoisotopic (exact) mass is 353 g/mol. The van der Waals surface area contributed by atoms with Gasteiger partial charge in [-0.15, -0.1) is 0 Å². The molecule has 3 N–H and O–H groups in total. The molecule has 0 radical (unpaired) electrons. The highest BCUT2D eigenvalue weighted by Gasteiger charge is 2.29. The first-order chi connectivity index (χ1) is 11.5. The van der Waals surface area contributed by atoms with Crippen LogP contribution in [-0.4, -0.2) is 46.6 Å². The molecule has 3 atom stereocenters. The van der Waals surface area contributed by atoms with E-state index in [1.807, 2.05) is 13.0 Å². The van der Waals surface area contributed by atoms with E-state index >= 15 is 0 Å². The Balaban J connectivity index is 1.96. The van der Waals surface area contributed by atoms with Gasteiger partial charge in [0.25, 0.3) is 0 Å². The SMILES string of the molecule is CCCCC([C@H]1CN[C@H](Cc2ccccc2C(=O)O)CO1)=[P+]([O-])O. The molecule has 0 saturated carbocycles. The van der Waals surface area contributed by atoms with Gasteiger partial charge < -0.3 is 20.1 Å². The summed E-state index contributed by atoms with van der Waals surface area (Å²) in [6.45, 7) is 2.90. The van der Waals surface area contributed by atoms with Gasteiger partial charge in [-0.1, -0.05) is 31.5 Å². The van der Waals surface area contributed by atoms with Crippen LogP contribution in [0.15, 0.2) is 24.3 Å². The van der Waals surface area contributed by atoms with Gasteiger partial charge in [-0.3, -0.25) is 0 Å². The van der Waals surface area contributed by atoms with Crippen molar-refractivity contribution in [2.45, 2.75) is 44.8 Å². The Morgan fingerprint density at radius 1 is 1.46 bits per heavy atom. The van der Waals surface area contributed by atoms with Crippen molar-refractivity contribution >= 4 is 19.3 Å². The fraction of sp³-hybridized carbons (Fsp3) is 0.529. The number of benzene rings is 1. The van der Waals surface area contributed by atoms with Gasteiger partial charge in [-0.2, -0.15) is 4.89 Å². The van der Waals surface area contributed by atoms with Gasteiger partial charge in [0, 0.05) is 19.0 Å². The lowest BCUT2D eigenvalue weighted by atomic mass is 9.99. The molecule has 0 aliphatic carbocycles. The number of hydrogen-bond donors (Lipinski definition) is 3. The summed E-state index contributed by atoms with van der Waals surface area (Å²) in [6.07, 6.45) is 2.62. The number of carboxylic acids is 1. The molecule has 1 unspecified atom stereocenters. The second-order valence-corrected chi connectivity index (χ2v) is 7.08. The largest absolute Gasteiger partial charge is 0.603 e. The number of carbonyl (C=O) groups is 1. The highest BCUT2D eigenvalue weighted by Crippen LogP contribution is 2.20. The predicted molar refractivity (Wildman–Crippen MR) is 92.3 cm³/mol. The average Bonchev–Trinajstić information content (AvgIpc) is 2.56. The number of nitrogens with one attached hydrogen (secondary N) is 1. The van der Waals surface area contributed by atoms with Crippen molar-refractivity contribution in [3.8, 4) is 0 Å². The quantitative estimate of drug-likeness (QED) is 0.639. The van der Waals surface area contributed by atoms with Crippen molar-refractivity contribution in [2.75, 3.05) is 13.2 Å². The maximum Gasteiger partial charge on any atom is 0.335 e. The van der Waals surface area contributed by atoms with E-state index in [-0.39, 0.29) is 12.1 Å². The lowest BCUT2D eigenvalue weighted by molar-refractivity contribution is -0.168. The van der Waals surface area contributed by atoms with Gasteiger partial charge in [-0.25, -0.2) is 4.79 Å². The van der Waals surface area contributed by atoms with Crippen LogP contribution in [0.25, 0.3) is 0 Å². The maximum absolute atomic E-state index is 11.5.